The van der Waals surface area contributed by atoms with Gasteiger partial charge >= 0.3 is 0 Å². The number of nitrogens with zero attached hydrogens (tertiary/aromatic N) is 1. The standard InChI is InChI=1S/C21H27ClN2O4S/c1-5-28-17-10-12-18(13-11-17)29(26,27)24(15-20(25)23-21(2,3)4)14-16-8-6-7-9-19(16)22/h6-13H,5,14-15H2,1-4H3,(H,23,25). The molecule has 0 spiro atoms. The van der Waals surface area contributed by atoms with E-state index in [4.69, 9.17) is 16.3 Å². The Kier molecular flexibility index (Phi) is 7.68. The summed E-state index contributed by atoms with van der Waals surface area (Å²) in [6.07, 6.45) is 0. The summed E-state index contributed by atoms with van der Waals surface area (Å²) in [6.45, 7) is 7.51. The minimum absolute atomic E-state index is 0.0211. The lowest BCUT2D eigenvalue weighted by Crippen LogP contribution is -2.47. The molecule has 0 saturated carbocycles. The van der Waals surface area contributed by atoms with Crippen molar-refractivity contribution in [1.82, 2.24) is 9.62 Å². The summed E-state index contributed by atoms with van der Waals surface area (Å²) >= 11 is 6.22. The highest BCUT2D eigenvalue weighted by Gasteiger charge is 2.28. The highest BCUT2D eigenvalue weighted by Crippen LogP contribution is 2.24. The predicted octanol–water partition coefficient (Wildman–Crippen LogP) is 3.84. The van der Waals surface area contributed by atoms with Crippen LogP contribution in [0.4, 0.5) is 0 Å². The monoisotopic (exact) mass is 438 g/mol. The van der Waals surface area contributed by atoms with Crippen LogP contribution in [0.2, 0.25) is 5.02 Å². The molecular weight excluding hydrogens is 412 g/mol. The third-order valence-electron chi connectivity index (χ3n) is 3.91. The van der Waals surface area contributed by atoms with E-state index < -0.39 is 15.6 Å². The smallest absolute Gasteiger partial charge is 0.243 e. The second kappa shape index (κ2) is 9.61. The van der Waals surface area contributed by atoms with Gasteiger partial charge in [0.25, 0.3) is 0 Å². The first-order valence-electron chi connectivity index (χ1n) is 9.30. The summed E-state index contributed by atoms with van der Waals surface area (Å²) in [5.74, 6) is 0.189. The van der Waals surface area contributed by atoms with Crippen molar-refractivity contribution >= 4 is 27.5 Å². The van der Waals surface area contributed by atoms with Crippen molar-refractivity contribution in [2.45, 2.75) is 44.7 Å². The molecule has 0 bridgehead atoms. The number of carbonyl (C=O) groups excluding carboxylic acids is 1. The van der Waals surface area contributed by atoms with Crippen LogP contribution < -0.4 is 10.1 Å². The third-order valence-corrected chi connectivity index (χ3v) is 6.09. The molecule has 0 radical (unpaired) electrons. The van der Waals surface area contributed by atoms with E-state index in [1.807, 2.05) is 27.7 Å². The maximum Gasteiger partial charge on any atom is 0.243 e. The van der Waals surface area contributed by atoms with Gasteiger partial charge in [0, 0.05) is 17.1 Å². The molecule has 2 aromatic rings. The zero-order valence-corrected chi connectivity index (χ0v) is 18.7. The Labute approximate surface area is 177 Å². The van der Waals surface area contributed by atoms with Crippen LogP contribution in [0.1, 0.15) is 33.3 Å². The van der Waals surface area contributed by atoms with E-state index in [2.05, 4.69) is 5.32 Å². The fraction of sp³-hybridized carbons (Fsp3) is 0.381. The Bertz CT molecular complexity index is 938. The van der Waals surface area contributed by atoms with Gasteiger partial charge in [-0.1, -0.05) is 29.8 Å². The van der Waals surface area contributed by atoms with E-state index in [1.165, 1.54) is 12.1 Å². The van der Waals surface area contributed by atoms with Crippen molar-refractivity contribution < 1.29 is 17.9 Å². The fourth-order valence-electron chi connectivity index (χ4n) is 2.68. The molecule has 0 aliphatic heterocycles. The molecule has 2 rings (SSSR count). The summed E-state index contributed by atoms with van der Waals surface area (Å²) < 4.78 is 33.1. The second-order valence-electron chi connectivity index (χ2n) is 7.57. The highest BCUT2D eigenvalue weighted by atomic mass is 35.5. The number of nitrogens with one attached hydrogen (secondary N) is 1. The normalized spacial score (nSPS) is 12.1. The lowest BCUT2D eigenvalue weighted by atomic mass is 10.1. The van der Waals surface area contributed by atoms with Gasteiger partial charge < -0.3 is 10.1 Å². The van der Waals surface area contributed by atoms with Crippen LogP contribution >= 0.6 is 11.6 Å². The van der Waals surface area contributed by atoms with E-state index in [0.717, 1.165) is 4.31 Å². The van der Waals surface area contributed by atoms with Crippen LogP contribution in [0.5, 0.6) is 5.75 Å². The molecule has 0 heterocycles. The number of halogens is 1. The first-order chi connectivity index (χ1) is 13.5. The SMILES string of the molecule is CCOc1ccc(S(=O)(=O)N(CC(=O)NC(C)(C)C)Cc2ccccc2Cl)cc1. The van der Waals surface area contributed by atoms with Crippen LogP contribution in [0.3, 0.4) is 0 Å². The van der Waals surface area contributed by atoms with Gasteiger partial charge in [0.1, 0.15) is 5.75 Å². The topological polar surface area (TPSA) is 75.7 Å². The van der Waals surface area contributed by atoms with Crippen molar-refractivity contribution in [2.75, 3.05) is 13.2 Å². The number of ether oxygens (including phenoxy) is 1. The van der Waals surface area contributed by atoms with Crippen LogP contribution in [0.15, 0.2) is 53.4 Å². The Morgan fingerprint density at radius 1 is 1.10 bits per heavy atom. The molecule has 1 amide bonds. The van der Waals surface area contributed by atoms with Crippen molar-refractivity contribution in [3.63, 3.8) is 0 Å². The van der Waals surface area contributed by atoms with E-state index >= 15 is 0 Å². The molecule has 158 valence electrons. The van der Waals surface area contributed by atoms with E-state index in [0.29, 0.717) is 22.9 Å². The molecule has 0 aromatic heterocycles. The fourth-order valence-corrected chi connectivity index (χ4v) is 4.25. The number of carbonyl (C=O) groups is 1. The molecule has 29 heavy (non-hydrogen) atoms. The first-order valence-corrected chi connectivity index (χ1v) is 11.1. The molecule has 0 atom stereocenters. The Hall–Kier alpha value is -2.09. The number of benzene rings is 2. The number of hydrogen-bond donors (Lipinski definition) is 1. The number of rotatable bonds is 8. The van der Waals surface area contributed by atoms with E-state index in [1.54, 1.807) is 36.4 Å². The van der Waals surface area contributed by atoms with Gasteiger partial charge in [-0.15, -0.1) is 0 Å². The Balaban J connectivity index is 2.36. The number of amides is 1. The van der Waals surface area contributed by atoms with Crippen LogP contribution in [0, 0.1) is 0 Å². The maximum absolute atomic E-state index is 13.3. The molecule has 1 N–H and O–H groups in total. The Morgan fingerprint density at radius 2 is 1.72 bits per heavy atom. The van der Waals surface area contributed by atoms with Crippen LogP contribution in [-0.2, 0) is 21.4 Å². The van der Waals surface area contributed by atoms with Crippen molar-refractivity contribution in [3.05, 3.63) is 59.1 Å². The average Bonchev–Trinajstić information content (AvgIpc) is 2.62. The van der Waals surface area contributed by atoms with Gasteiger partial charge in [0.2, 0.25) is 15.9 Å². The molecule has 0 aliphatic rings. The van der Waals surface area contributed by atoms with E-state index in [9.17, 15) is 13.2 Å². The molecule has 8 heteroatoms. The number of sulfonamides is 1. The zero-order valence-electron chi connectivity index (χ0n) is 17.1. The van der Waals surface area contributed by atoms with Crippen molar-refractivity contribution in [3.8, 4) is 5.75 Å². The lowest BCUT2D eigenvalue weighted by Gasteiger charge is -2.26. The minimum atomic E-state index is -3.94. The lowest BCUT2D eigenvalue weighted by molar-refractivity contribution is -0.122. The largest absolute Gasteiger partial charge is 0.494 e. The molecule has 0 saturated heterocycles. The summed E-state index contributed by atoms with van der Waals surface area (Å²) in [6, 6.07) is 13.1. The molecule has 0 fully saturated rings. The quantitative estimate of drug-likeness (QED) is 0.679. The van der Waals surface area contributed by atoms with Gasteiger partial charge in [-0.05, 0) is 63.6 Å². The zero-order chi connectivity index (χ0) is 21.7. The van der Waals surface area contributed by atoms with Gasteiger partial charge in [0.15, 0.2) is 0 Å². The molecule has 0 aliphatic carbocycles. The maximum atomic E-state index is 13.3. The van der Waals surface area contributed by atoms with Gasteiger partial charge in [-0.3, -0.25) is 4.79 Å². The summed E-state index contributed by atoms with van der Waals surface area (Å²) in [5.41, 5.74) is 0.142. The predicted molar refractivity (Wildman–Crippen MR) is 115 cm³/mol. The third kappa shape index (κ3) is 6.73. The summed E-state index contributed by atoms with van der Waals surface area (Å²) in [5, 5.41) is 3.24. The summed E-state index contributed by atoms with van der Waals surface area (Å²) in [7, 11) is -3.94. The minimum Gasteiger partial charge on any atom is -0.494 e. The number of hydrogen-bond acceptors (Lipinski definition) is 4. The Morgan fingerprint density at radius 3 is 2.28 bits per heavy atom. The van der Waals surface area contributed by atoms with Crippen LogP contribution in [-0.4, -0.2) is 37.3 Å². The van der Waals surface area contributed by atoms with Gasteiger partial charge in [-0.2, -0.15) is 4.31 Å². The van der Waals surface area contributed by atoms with Gasteiger partial charge in [-0.25, -0.2) is 8.42 Å². The van der Waals surface area contributed by atoms with E-state index in [-0.39, 0.29) is 23.9 Å². The second-order valence-corrected chi connectivity index (χ2v) is 9.91. The first kappa shape index (κ1) is 23.2. The van der Waals surface area contributed by atoms with Gasteiger partial charge in [0.05, 0.1) is 18.0 Å². The van der Waals surface area contributed by atoms with Crippen LogP contribution in [0.25, 0.3) is 0 Å². The molecular formula is C21H27ClN2O4S. The average molecular weight is 439 g/mol. The summed E-state index contributed by atoms with van der Waals surface area (Å²) in [4.78, 5) is 12.6. The molecule has 2 aromatic carbocycles. The molecule has 6 nitrogen and oxygen atoms in total. The molecule has 0 unspecified atom stereocenters. The van der Waals surface area contributed by atoms with Crippen molar-refractivity contribution in [1.29, 1.82) is 0 Å². The van der Waals surface area contributed by atoms with Crippen molar-refractivity contribution in [2.24, 2.45) is 0 Å². The highest BCUT2D eigenvalue weighted by molar-refractivity contribution is 7.89.